The van der Waals surface area contributed by atoms with Crippen molar-refractivity contribution in [3.8, 4) is 0 Å². The van der Waals surface area contributed by atoms with E-state index in [1.54, 1.807) is 6.20 Å². The number of amides is 2. The number of hydrazine groups is 1. The number of benzene rings is 1. The quantitative estimate of drug-likeness (QED) is 0.729. The van der Waals surface area contributed by atoms with Gasteiger partial charge in [0, 0.05) is 36.2 Å². The van der Waals surface area contributed by atoms with Crippen LogP contribution in [0.2, 0.25) is 0 Å². The Morgan fingerprint density at radius 2 is 1.90 bits per heavy atom. The van der Waals surface area contributed by atoms with Crippen LogP contribution in [0.25, 0.3) is 10.9 Å². The normalized spacial score (nSPS) is 15.8. The predicted octanol–water partition coefficient (Wildman–Crippen LogP) is 1.36. The molecule has 2 amide bonds. The maximum Gasteiger partial charge on any atom is 0.271 e. The van der Waals surface area contributed by atoms with E-state index in [2.05, 4.69) is 15.8 Å². The van der Waals surface area contributed by atoms with Gasteiger partial charge in [-0.15, -0.1) is 0 Å². The molecule has 0 aliphatic carbocycles. The van der Waals surface area contributed by atoms with Crippen molar-refractivity contribution in [2.24, 2.45) is 5.92 Å². The van der Waals surface area contributed by atoms with E-state index in [4.69, 9.17) is 4.74 Å². The number of rotatable bonds is 2. The van der Waals surface area contributed by atoms with Gasteiger partial charge >= 0.3 is 0 Å². The lowest BCUT2D eigenvalue weighted by molar-refractivity contribution is -0.128. The SMILES string of the molecule is O=C(NNC(=O)C1CCOCC1)c1c[nH]c2ccccc12. The van der Waals surface area contributed by atoms with E-state index in [0.29, 0.717) is 31.6 Å². The van der Waals surface area contributed by atoms with Crippen molar-refractivity contribution < 1.29 is 14.3 Å². The summed E-state index contributed by atoms with van der Waals surface area (Å²) in [5.41, 5.74) is 6.37. The highest BCUT2D eigenvalue weighted by Gasteiger charge is 2.22. The third-order valence-electron chi connectivity index (χ3n) is 3.73. The summed E-state index contributed by atoms with van der Waals surface area (Å²) in [6.07, 6.45) is 3.02. The third kappa shape index (κ3) is 2.90. The first-order chi connectivity index (χ1) is 10.3. The predicted molar refractivity (Wildman–Crippen MR) is 77.5 cm³/mol. The highest BCUT2D eigenvalue weighted by molar-refractivity contribution is 6.07. The van der Waals surface area contributed by atoms with Crippen molar-refractivity contribution in [3.05, 3.63) is 36.0 Å². The van der Waals surface area contributed by atoms with Crippen molar-refractivity contribution >= 4 is 22.7 Å². The van der Waals surface area contributed by atoms with Crippen LogP contribution < -0.4 is 10.9 Å². The van der Waals surface area contributed by atoms with E-state index in [9.17, 15) is 9.59 Å². The van der Waals surface area contributed by atoms with Crippen LogP contribution in [0.1, 0.15) is 23.2 Å². The monoisotopic (exact) mass is 287 g/mol. The fraction of sp³-hybridized carbons (Fsp3) is 0.333. The molecule has 1 aliphatic rings. The summed E-state index contributed by atoms with van der Waals surface area (Å²) in [5.74, 6) is -0.582. The molecule has 3 rings (SSSR count). The minimum Gasteiger partial charge on any atom is -0.381 e. The van der Waals surface area contributed by atoms with E-state index < -0.39 is 0 Å². The average Bonchev–Trinajstić information content (AvgIpc) is 2.97. The number of carbonyl (C=O) groups is 2. The first kappa shape index (κ1) is 13.6. The zero-order valence-corrected chi connectivity index (χ0v) is 11.5. The van der Waals surface area contributed by atoms with Gasteiger partial charge in [-0.25, -0.2) is 0 Å². The highest BCUT2D eigenvalue weighted by Crippen LogP contribution is 2.17. The van der Waals surface area contributed by atoms with E-state index >= 15 is 0 Å². The van der Waals surface area contributed by atoms with Gasteiger partial charge in [0.15, 0.2) is 0 Å². The molecule has 3 N–H and O–H groups in total. The molecule has 21 heavy (non-hydrogen) atoms. The maximum atomic E-state index is 12.1. The van der Waals surface area contributed by atoms with Crippen LogP contribution in [0.5, 0.6) is 0 Å². The van der Waals surface area contributed by atoms with Crippen LogP contribution in [0.15, 0.2) is 30.5 Å². The minimum atomic E-state index is -0.326. The average molecular weight is 287 g/mol. The fourth-order valence-electron chi connectivity index (χ4n) is 2.51. The molecule has 2 heterocycles. The lowest BCUT2D eigenvalue weighted by Crippen LogP contribution is -2.45. The third-order valence-corrected chi connectivity index (χ3v) is 3.73. The molecule has 2 aromatic rings. The largest absolute Gasteiger partial charge is 0.381 e. The van der Waals surface area contributed by atoms with Crippen molar-refractivity contribution in [2.45, 2.75) is 12.8 Å². The standard InChI is InChI=1S/C15H17N3O3/c19-14(10-5-7-21-8-6-10)17-18-15(20)12-9-16-13-4-2-1-3-11(12)13/h1-4,9-10,16H,5-8H2,(H,17,19)(H,18,20). The van der Waals surface area contributed by atoms with E-state index in [0.717, 1.165) is 10.9 Å². The van der Waals surface area contributed by atoms with Crippen LogP contribution in [-0.2, 0) is 9.53 Å². The molecule has 0 unspecified atom stereocenters. The number of hydrogen-bond acceptors (Lipinski definition) is 3. The summed E-state index contributed by atoms with van der Waals surface area (Å²) in [7, 11) is 0. The van der Waals surface area contributed by atoms with Crippen molar-refractivity contribution in [2.75, 3.05) is 13.2 Å². The molecule has 1 fully saturated rings. The first-order valence-electron chi connectivity index (χ1n) is 7.00. The van der Waals surface area contributed by atoms with Gasteiger partial charge in [-0.2, -0.15) is 0 Å². The van der Waals surface area contributed by atoms with Gasteiger partial charge in [-0.05, 0) is 18.9 Å². The number of hydrogen-bond donors (Lipinski definition) is 3. The molecule has 0 radical (unpaired) electrons. The summed E-state index contributed by atoms with van der Waals surface area (Å²) in [5, 5.41) is 0.829. The molecule has 6 nitrogen and oxygen atoms in total. The number of aromatic nitrogens is 1. The summed E-state index contributed by atoms with van der Waals surface area (Å²) < 4.78 is 5.21. The second-order valence-electron chi connectivity index (χ2n) is 5.08. The van der Waals surface area contributed by atoms with Gasteiger partial charge in [-0.3, -0.25) is 20.4 Å². The van der Waals surface area contributed by atoms with Gasteiger partial charge in [0.2, 0.25) is 5.91 Å². The number of para-hydroxylation sites is 1. The lowest BCUT2D eigenvalue weighted by atomic mass is 10.00. The fourth-order valence-corrected chi connectivity index (χ4v) is 2.51. The van der Waals surface area contributed by atoms with Crippen molar-refractivity contribution in [1.29, 1.82) is 0 Å². The second kappa shape index (κ2) is 5.97. The van der Waals surface area contributed by atoms with E-state index in [-0.39, 0.29) is 17.7 Å². The summed E-state index contributed by atoms with van der Waals surface area (Å²) in [4.78, 5) is 27.1. The van der Waals surface area contributed by atoms with E-state index in [1.807, 2.05) is 24.3 Å². The second-order valence-corrected chi connectivity index (χ2v) is 5.08. The maximum absolute atomic E-state index is 12.1. The Bertz CT molecular complexity index is 659. The van der Waals surface area contributed by atoms with Gasteiger partial charge in [0.1, 0.15) is 0 Å². The Kier molecular flexibility index (Phi) is 3.87. The molecule has 0 bridgehead atoms. The van der Waals surface area contributed by atoms with Crippen LogP contribution in [0.3, 0.4) is 0 Å². The molecule has 1 aromatic heterocycles. The van der Waals surface area contributed by atoms with Crippen LogP contribution in [0.4, 0.5) is 0 Å². The molecule has 1 aliphatic heterocycles. The number of carbonyl (C=O) groups excluding carboxylic acids is 2. The molecular formula is C15H17N3O3. The minimum absolute atomic E-state index is 0.0954. The lowest BCUT2D eigenvalue weighted by Gasteiger charge is -2.21. The van der Waals surface area contributed by atoms with Crippen molar-refractivity contribution in [1.82, 2.24) is 15.8 Å². The molecule has 6 heteroatoms. The number of nitrogens with one attached hydrogen (secondary N) is 3. The van der Waals surface area contributed by atoms with E-state index in [1.165, 1.54) is 0 Å². The number of ether oxygens (including phenoxy) is 1. The molecular weight excluding hydrogens is 270 g/mol. The molecule has 110 valence electrons. The molecule has 1 aromatic carbocycles. The number of fused-ring (bicyclic) bond motifs is 1. The summed E-state index contributed by atoms with van der Waals surface area (Å²) in [6, 6.07) is 7.52. The van der Waals surface area contributed by atoms with Crippen molar-refractivity contribution in [3.63, 3.8) is 0 Å². The smallest absolute Gasteiger partial charge is 0.271 e. The van der Waals surface area contributed by atoms with Gasteiger partial charge in [0.05, 0.1) is 5.56 Å². The van der Waals surface area contributed by atoms with Crippen LogP contribution in [0, 0.1) is 5.92 Å². The van der Waals surface area contributed by atoms with Crippen LogP contribution >= 0.6 is 0 Å². The summed E-state index contributed by atoms with van der Waals surface area (Å²) in [6.45, 7) is 1.18. The zero-order valence-electron chi connectivity index (χ0n) is 11.5. The molecule has 0 spiro atoms. The highest BCUT2D eigenvalue weighted by atomic mass is 16.5. The molecule has 1 saturated heterocycles. The Balaban J connectivity index is 1.62. The topological polar surface area (TPSA) is 83.2 Å². The Morgan fingerprint density at radius 3 is 2.71 bits per heavy atom. The molecule has 0 saturated carbocycles. The number of aromatic amines is 1. The van der Waals surface area contributed by atoms with Gasteiger partial charge in [-0.1, -0.05) is 18.2 Å². The van der Waals surface area contributed by atoms with Crippen LogP contribution in [-0.4, -0.2) is 30.0 Å². The zero-order chi connectivity index (χ0) is 14.7. The first-order valence-corrected chi connectivity index (χ1v) is 7.00. The Hall–Kier alpha value is -2.34. The number of H-pyrrole nitrogens is 1. The molecule has 0 atom stereocenters. The summed E-state index contributed by atoms with van der Waals surface area (Å²) >= 11 is 0. The Labute approximate surface area is 121 Å². The van der Waals surface area contributed by atoms with Gasteiger partial charge in [0.25, 0.3) is 5.91 Å². The van der Waals surface area contributed by atoms with Gasteiger partial charge < -0.3 is 9.72 Å². The Morgan fingerprint density at radius 1 is 1.14 bits per heavy atom.